The zero-order valence-corrected chi connectivity index (χ0v) is 19.0. The number of benzene rings is 3. The van der Waals surface area contributed by atoms with Gasteiger partial charge in [-0.25, -0.2) is 0 Å². The number of aryl methyl sites for hydroxylation is 1. The van der Waals surface area contributed by atoms with E-state index >= 15 is 0 Å². The van der Waals surface area contributed by atoms with Crippen LogP contribution in [0, 0.1) is 0 Å². The number of methoxy groups -OCH3 is 1. The molecule has 4 rings (SSSR count). The molecule has 0 saturated heterocycles. The van der Waals surface area contributed by atoms with Crippen molar-refractivity contribution in [3.05, 3.63) is 101 Å². The number of rotatable bonds is 7. The van der Waals surface area contributed by atoms with Gasteiger partial charge in [0.15, 0.2) is 5.78 Å². The van der Waals surface area contributed by atoms with Gasteiger partial charge in [-0.3, -0.25) is 14.3 Å². The summed E-state index contributed by atoms with van der Waals surface area (Å²) in [7, 11) is 3.32. The minimum absolute atomic E-state index is 0.0876. The van der Waals surface area contributed by atoms with Crippen molar-refractivity contribution in [2.75, 3.05) is 12.4 Å². The van der Waals surface area contributed by atoms with E-state index in [0.717, 1.165) is 11.1 Å². The van der Waals surface area contributed by atoms with Crippen LogP contribution in [0.3, 0.4) is 0 Å². The van der Waals surface area contributed by atoms with E-state index in [1.54, 1.807) is 61.3 Å². The van der Waals surface area contributed by atoms with Crippen molar-refractivity contribution in [1.29, 1.82) is 0 Å². The molecule has 6 nitrogen and oxygen atoms in total. The fourth-order valence-corrected chi connectivity index (χ4v) is 3.75. The van der Waals surface area contributed by atoms with Gasteiger partial charge in [-0.05, 0) is 30.3 Å². The minimum atomic E-state index is -0.212. The molecule has 0 radical (unpaired) electrons. The molecule has 33 heavy (non-hydrogen) atoms. The highest BCUT2D eigenvalue weighted by Gasteiger charge is 2.16. The maximum absolute atomic E-state index is 12.7. The molecule has 0 spiro atoms. The summed E-state index contributed by atoms with van der Waals surface area (Å²) in [6, 6.07) is 23.3. The number of carbonyl (C=O) groups excluding carboxylic acids is 2. The summed E-state index contributed by atoms with van der Waals surface area (Å²) in [5.41, 5.74) is 3.27. The second-order valence-electron chi connectivity index (χ2n) is 7.47. The second kappa shape index (κ2) is 9.71. The summed E-state index contributed by atoms with van der Waals surface area (Å²) in [6.45, 7) is 0. The van der Waals surface area contributed by atoms with Gasteiger partial charge in [0.2, 0.25) is 0 Å². The van der Waals surface area contributed by atoms with Gasteiger partial charge in [0.05, 0.1) is 17.8 Å². The number of hydrogen-bond donors (Lipinski definition) is 1. The topological polar surface area (TPSA) is 73.2 Å². The fourth-order valence-electron chi connectivity index (χ4n) is 3.51. The lowest BCUT2D eigenvalue weighted by Gasteiger charge is -2.10. The molecule has 0 bridgehead atoms. The highest BCUT2D eigenvalue weighted by atomic mass is 35.5. The van der Waals surface area contributed by atoms with E-state index in [1.165, 1.54) is 0 Å². The Labute approximate surface area is 196 Å². The monoisotopic (exact) mass is 459 g/mol. The number of anilines is 1. The molecule has 1 N–H and O–H groups in total. The molecule has 166 valence electrons. The van der Waals surface area contributed by atoms with Gasteiger partial charge in [0.25, 0.3) is 5.91 Å². The molecule has 1 amide bonds. The van der Waals surface area contributed by atoms with E-state index in [9.17, 15) is 9.59 Å². The Morgan fingerprint density at radius 1 is 1.00 bits per heavy atom. The number of ketones is 1. The van der Waals surface area contributed by atoms with Gasteiger partial charge in [-0.15, -0.1) is 0 Å². The molecular formula is C26H22ClN3O3. The van der Waals surface area contributed by atoms with Crippen LogP contribution >= 0.6 is 11.6 Å². The first kappa shape index (κ1) is 22.3. The number of ether oxygens (including phenoxy) is 1. The van der Waals surface area contributed by atoms with E-state index in [0.29, 0.717) is 33.4 Å². The van der Waals surface area contributed by atoms with Crippen LogP contribution in [-0.2, 0) is 13.5 Å². The molecule has 0 unspecified atom stereocenters. The van der Waals surface area contributed by atoms with Crippen LogP contribution < -0.4 is 10.1 Å². The summed E-state index contributed by atoms with van der Waals surface area (Å²) in [5, 5.41) is 7.82. The van der Waals surface area contributed by atoms with Crippen LogP contribution in [0.25, 0.3) is 11.3 Å². The van der Waals surface area contributed by atoms with E-state index in [2.05, 4.69) is 10.4 Å². The van der Waals surface area contributed by atoms with Gasteiger partial charge < -0.3 is 10.1 Å². The molecule has 0 atom stereocenters. The molecule has 0 aliphatic rings. The number of nitrogens with zero attached hydrogens (tertiary/aromatic N) is 2. The number of halogens is 1. The Kier molecular flexibility index (Phi) is 6.56. The molecular weight excluding hydrogens is 438 g/mol. The van der Waals surface area contributed by atoms with Crippen molar-refractivity contribution >= 4 is 29.1 Å². The largest absolute Gasteiger partial charge is 0.496 e. The molecule has 3 aromatic carbocycles. The molecule has 0 aliphatic carbocycles. The zero-order chi connectivity index (χ0) is 23.4. The van der Waals surface area contributed by atoms with E-state index in [1.807, 2.05) is 36.4 Å². The van der Waals surface area contributed by atoms with E-state index in [-0.39, 0.29) is 18.1 Å². The van der Waals surface area contributed by atoms with Crippen molar-refractivity contribution in [2.24, 2.45) is 7.05 Å². The molecule has 1 aromatic heterocycles. The highest BCUT2D eigenvalue weighted by Crippen LogP contribution is 2.29. The number of hydrogen-bond acceptors (Lipinski definition) is 4. The van der Waals surface area contributed by atoms with Crippen molar-refractivity contribution in [3.8, 4) is 17.0 Å². The van der Waals surface area contributed by atoms with E-state index < -0.39 is 0 Å². The Bertz CT molecular complexity index is 1320. The smallest absolute Gasteiger partial charge is 0.256 e. The number of amides is 1. The first-order valence-electron chi connectivity index (χ1n) is 10.3. The van der Waals surface area contributed by atoms with Crippen molar-refractivity contribution in [2.45, 2.75) is 6.42 Å². The Morgan fingerprint density at radius 3 is 2.45 bits per heavy atom. The van der Waals surface area contributed by atoms with Gasteiger partial charge >= 0.3 is 0 Å². The van der Waals surface area contributed by atoms with E-state index in [4.69, 9.17) is 16.3 Å². The van der Waals surface area contributed by atoms with Crippen LogP contribution in [-0.4, -0.2) is 28.6 Å². The maximum Gasteiger partial charge on any atom is 0.256 e. The summed E-state index contributed by atoms with van der Waals surface area (Å²) in [5.74, 6) is 0.843. The molecule has 1 heterocycles. The molecule has 0 saturated carbocycles. The predicted molar refractivity (Wildman–Crippen MR) is 129 cm³/mol. The lowest BCUT2D eigenvalue weighted by molar-refractivity contribution is 0.0990. The van der Waals surface area contributed by atoms with Gasteiger partial charge in [-0.1, -0.05) is 54.1 Å². The van der Waals surface area contributed by atoms with Crippen molar-refractivity contribution in [3.63, 3.8) is 0 Å². The van der Waals surface area contributed by atoms with Crippen molar-refractivity contribution in [1.82, 2.24) is 9.78 Å². The molecule has 0 aliphatic heterocycles. The lowest BCUT2D eigenvalue weighted by Crippen LogP contribution is -2.14. The summed E-state index contributed by atoms with van der Waals surface area (Å²) in [6.07, 6.45) is 0.161. The molecule has 0 fully saturated rings. The fraction of sp³-hybridized carbons (Fsp3) is 0.115. The van der Waals surface area contributed by atoms with Crippen LogP contribution in [0.15, 0.2) is 78.9 Å². The van der Waals surface area contributed by atoms with Gasteiger partial charge in [0.1, 0.15) is 11.6 Å². The maximum atomic E-state index is 12.7. The Balaban J connectivity index is 1.55. The molecule has 4 aromatic rings. The first-order valence-corrected chi connectivity index (χ1v) is 10.7. The minimum Gasteiger partial charge on any atom is -0.496 e. The third kappa shape index (κ3) is 4.96. The standard InChI is InChI=1S/C26H22ClN3O3/c1-30-25(28-26(32)17-8-4-3-5-9-17)16-22(29-30)18-12-13-19(24(15-18)33-2)14-23(31)20-10-6-7-11-21(20)27/h3-13,15-16H,14H2,1-2H3,(H,28,32). The quantitative estimate of drug-likeness (QED) is 0.374. The summed E-state index contributed by atoms with van der Waals surface area (Å²) in [4.78, 5) is 25.2. The lowest BCUT2D eigenvalue weighted by atomic mass is 10.00. The van der Waals surface area contributed by atoms with Crippen LogP contribution in [0.2, 0.25) is 5.02 Å². The highest BCUT2D eigenvalue weighted by molar-refractivity contribution is 6.34. The second-order valence-corrected chi connectivity index (χ2v) is 7.87. The van der Waals surface area contributed by atoms with Gasteiger partial charge in [-0.2, -0.15) is 5.10 Å². The zero-order valence-electron chi connectivity index (χ0n) is 18.2. The third-order valence-electron chi connectivity index (χ3n) is 5.27. The summed E-state index contributed by atoms with van der Waals surface area (Å²) >= 11 is 6.16. The normalized spacial score (nSPS) is 10.6. The average Bonchev–Trinajstić information content (AvgIpc) is 3.20. The number of aromatic nitrogens is 2. The van der Waals surface area contributed by atoms with Crippen LogP contribution in [0.1, 0.15) is 26.3 Å². The SMILES string of the molecule is COc1cc(-c2cc(NC(=O)c3ccccc3)n(C)n2)ccc1CC(=O)c1ccccc1Cl. The summed E-state index contributed by atoms with van der Waals surface area (Å²) < 4.78 is 7.15. The molecule has 7 heteroatoms. The number of Topliss-reactive ketones (excluding diaryl/α,β-unsaturated/α-hetero) is 1. The van der Waals surface area contributed by atoms with Crippen LogP contribution in [0.4, 0.5) is 5.82 Å². The Morgan fingerprint density at radius 2 is 1.73 bits per heavy atom. The number of nitrogens with one attached hydrogen (secondary N) is 1. The van der Waals surface area contributed by atoms with Crippen LogP contribution in [0.5, 0.6) is 5.75 Å². The number of carbonyl (C=O) groups is 2. The van der Waals surface area contributed by atoms with Gasteiger partial charge in [0, 0.05) is 41.8 Å². The third-order valence-corrected chi connectivity index (χ3v) is 5.60. The van der Waals surface area contributed by atoms with Crippen molar-refractivity contribution < 1.29 is 14.3 Å². The average molecular weight is 460 g/mol. The first-order chi connectivity index (χ1) is 16.0. The predicted octanol–water partition coefficient (Wildman–Crippen LogP) is 5.43. The Hall–Kier alpha value is -3.90.